The number of carbonyl (C=O) groups is 1. The molecule has 1 aliphatic heterocycles. The number of amides is 1. The largest absolute Gasteiger partial charge is 0.393 e. The number of ether oxygens (including phenoxy) is 1. The third-order valence-electron chi connectivity index (χ3n) is 6.47. The van der Waals surface area contributed by atoms with Crippen LogP contribution >= 0.6 is 11.3 Å². The smallest absolute Gasteiger partial charge is 0.242 e. The zero-order valence-electron chi connectivity index (χ0n) is 19.5. The van der Waals surface area contributed by atoms with E-state index in [0.717, 1.165) is 17.7 Å². The monoisotopic (exact) mass is 508 g/mol. The van der Waals surface area contributed by atoms with Gasteiger partial charge in [0.05, 0.1) is 22.4 Å². The summed E-state index contributed by atoms with van der Waals surface area (Å²) in [5, 5.41) is 13.1. The van der Waals surface area contributed by atoms with Gasteiger partial charge in [0.15, 0.2) is 5.13 Å². The van der Waals surface area contributed by atoms with Crippen LogP contribution in [0.1, 0.15) is 56.3 Å². The summed E-state index contributed by atoms with van der Waals surface area (Å²) < 4.78 is 34.4. The lowest BCUT2D eigenvalue weighted by Gasteiger charge is -2.26. The van der Waals surface area contributed by atoms with Crippen LogP contribution in [0.5, 0.6) is 0 Å². The van der Waals surface area contributed by atoms with E-state index in [1.807, 2.05) is 6.92 Å². The zero-order valence-corrected chi connectivity index (χ0v) is 21.2. The summed E-state index contributed by atoms with van der Waals surface area (Å²) in [6.45, 7) is 4.90. The van der Waals surface area contributed by atoms with Crippen molar-refractivity contribution in [2.45, 2.75) is 75.8 Å². The Morgan fingerprint density at radius 2 is 1.85 bits per heavy atom. The van der Waals surface area contributed by atoms with Crippen molar-refractivity contribution in [3.63, 3.8) is 0 Å². The second-order valence-corrected chi connectivity index (χ2v) is 11.9. The molecule has 1 saturated carbocycles. The fourth-order valence-electron chi connectivity index (χ4n) is 4.49. The van der Waals surface area contributed by atoms with Crippen molar-refractivity contribution in [1.82, 2.24) is 14.7 Å². The molecule has 0 unspecified atom stereocenters. The molecule has 1 amide bonds. The standard InChI is InChI=1S/C23H32N4O5S2/c1-14-20(34(30,31)27-18-3-5-19(28)6-4-18)12-17(13-24-14)22-15(2)25-23(33-22)26-21(29)11-16-7-9-32-10-8-16/h12-13,16,18-19,27-28H,3-11H2,1-2H3,(H,25,26,29). The van der Waals surface area contributed by atoms with Crippen LogP contribution in [0.4, 0.5) is 5.13 Å². The number of carbonyl (C=O) groups excluding carboxylic acids is 1. The highest BCUT2D eigenvalue weighted by Crippen LogP contribution is 2.34. The number of aromatic nitrogens is 2. The zero-order chi connectivity index (χ0) is 24.3. The molecule has 3 heterocycles. The van der Waals surface area contributed by atoms with Crippen molar-refractivity contribution >= 4 is 32.4 Å². The molecular formula is C23H32N4O5S2. The summed E-state index contributed by atoms with van der Waals surface area (Å²) in [4.78, 5) is 22.2. The van der Waals surface area contributed by atoms with Crippen molar-refractivity contribution in [2.75, 3.05) is 18.5 Å². The SMILES string of the molecule is Cc1ncc(-c2sc(NC(=O)CC3CCOCC3)nc2C)cc1S(=O)(=O)NC1CCC(O)CC1. The molecule has 2 aromatic heterocycles. The molecule has 0 spiro atoms. The number of anilines is 1. The van der Waals surface area contributed by atoms with Gasteiger partial charge in [-0.1, -0.05) is 11.3 Å². The minimum Gasteiger partial charge on any atom is -0.393 e. The fraction of sp³-hybridized carbons (Fsp3) is 0.609. The summed E-state index contributed by atoms with van der Waals surface area (Å²) in [6.07, 6.45) is 5.90. The lowest BCUT2D eigenvalue weighted by atomic mass is 9.94. The van der Waals surface area contributed by atoms with Gasteiger partial charge in [-0.2, -0.15) is 0 Å². The Balaban J connectivity index is 1.48. The number of aliphatic hydroxyl groups is 1. The van der Waals surface area contributed by atoms with E-state index in [0.29, 0.717) is 73.3 Å². The maximum Gasteiger partial charge on any atom is 0.242 e. The number of aryl methyl sites for hydroxylation is 2. The summed E-state index contributed by atoms with van der Waals surface area (Å²) in [5.74, 6) is 0.252. The normalized spacial score (nSPS) is 22.0. The maximum atomic E-state index is 13.1. The average molecular weight is 509 g/mol. The van der Waals surface area contributed by atoms with Crippen molar-refractivity contribution in [1.29, 1.82) is 0 Å². The lowest BCUT2D eigenvalue weighted by Crippen LogP contribution is -2.38. The van der Waals surface area contributed by atoms with Crippen LogP contribution < -0.4 is 10.0 Å². The third-order valence-corrected chi connectivity index (χ3v) is 9.23. The first-order chi connectivity index (χ1) is 16.2. The van der Waals surface area contributed by atoms with Crippen LogP contribution in [0.2, 0.25) is 0 Å². The minimum atomic E-state index is -3.77. The van der Waals surface area contributed by atoms with Crippen molar-refractivity contribution in [3.05, 3.63) is 23.7 Å². The molecule has 2 fully saturated rings. The van der Waals surface area contributed by atoms with E-state index in [4.69, 9.17) is 4.74 Å². The molecule has 1 saturated heterocycles. The number of nitrogens with zero attached hydrogens (tertiary/aromatic N) is 2. The van der Waals surface area contributed by atoms with Crippen LogP contribution in [0.3, 0.4) is 0 Å². The van der Waals surface area contributed by atoms with Crippen molar-refractivity contribution < 1.29 is 23.1 Å². The predicted molar refractivity (Wildman–Crippen MR) is 130 cm³/mol. The Hall–Kier alpha value is -1.92. The van der Waals surface area contributed by atoms with Gasteiger partial charge in [0, 0.05) is 37.4 Å². The number of hydrogen-bond donors (Lipinski definition) is 3. The van der Waals surface area contributed by atoms with Gasteiger partial charge < -0.3 is 15.2 Å². The van der Waals surface area contributed by atoms with Gasteiger partial charge in [0.25, 0.3) is 0 Å². The van der Waals surface area contributed by atoms with E-state index in [2.05, 4.69) is 20.0 Å². The second kappa shape index (κ2) is 10.8. The molecular weight excluding hydrogens is 476 g/mol. The van der Waals surface area contributed by atoms with E-state index in [1.165, 1.54) is 11.3 Å². The molecule has 0 bridgehead atoms. The van der Waals surface area contributed by atoms with Gasteiger partial charge in [0.1, 0.15) is 4.90 Å². The van der Waals surface area contributed by atoms with Gasteiger partial charge in [-0.3, -0.25) is 9.78 Å². The Morgan fingerprint density at radius 3 is 2.56 bits per heavy atom. The highest BCUT2D eigenvalue weighted by Gasteiger charge is 2.27. The van der Waals surface area contributed by atoms with E-state index in [-0.39, 0.29) is 22.9 Å². The molecule has 2 aliphatic rings. The number of rotatable bonds is 7. The van der Waals surface area contributed by atoms with Gasteiger partial charge in [-0.05, 0) is 64.4 Å². The molecule has 3 N–H and O–H groups in total. The van der Waals surface area contributed by atoms with Gasteiger partial charge in [0.2, 0.25) is 15.9 Å². The molecule has 0 aromatic carbocycles. The average Bonchev–Trinajstić information content (AvgIpc) is 3.15. The fourth-order valence-corrected chi connectivity index (χ4v) is 6.98. The van der Waals surface area contributed by atoms with Crippen LogP contribution in [0.15, 0.2) is 17.2 Å². The van der Waals surface area contributed by atoms with E-state index in [9.17, 15) is 18.3 Å². The highest BCUT2D eigenvalue weighted by atomic mass is 32.2. The Morgan fingerprint density at radius 1 is 1.15 bits per heavy atom. The number of thiazole rings is 1. The van der Waals surface area contributed by atoms with Gasteiger partial charge >= 0.3 is 0 Å². The summed E-state index contributed by atoms with van der Waals surface area (Å²) in [5.41, 5.74) is 1.76. The highest BCUT2D eigenvalue weighted by molar-refractivity contribution is 7.89. The molecule has 2 aromatic rings. The number of hydrogen-bond acceptors (Lipinski definition) is 8. The summed E-state index contributed by atoms with van der Waals surface area (Å²) >= 11 is 1.31. The van der Waals surface area contributed by atoms with Crippen LogP contribution in [-0.4, -0.2) is 54.8 Å². The van der Waals surface area contributed by atoms with Gasteiger partial charge in [-0.15, -0.1) is 0 Å². The van der Waals surface area contributed by atoms with Crippen molar-refractivity contribution in [3.8, 4) is 10.4 Å². The Bertz CT molecular complexity index is 1120. The van der Waals surface area contributed by atoms with Crippen molar-refractivity contribution in [2.24, 2.45) is 5.92 Å². The quantitative estimate of drug-likeness (QED) is 0.524. The third kappa shape index (κ3) is 6.19. The van der Waals surface area contributed by atoms with E-state index >= 15 is 0 Å². The molecule has 9 nitrogen and oxygen atoms in total. The first-order valence-corrected chi connectivity index (χ1v) is 14.0. The van der Waals surface area contributed by atoms with E-state index < -0.39 is 10.0 Å². The maximum absolute atomic E-state index is 13.1. The molecule has 11 heteroatoms. The minimum absolute atomic E-state index is 0.0701. The molecule has 186 valence electrons. The number of nitrogens with one attached hydrogen (secondary N) is 2. The van der Waals surface area contributed by atoms with Crippen LogP contribution in [-0.2, 0) is 19.6 Å². The van der Waals surface area contributed by atoms with E-state index in [1.54, 1.807) is 19.2 Å². The topological polar surface area (TPSA) is 131 Å². The summed E-state index contributed by atoms with van der Waals surface area (Å²) in [6, 6.07) is 1.43. The second-order valence-electron chi connectivity index (χ2n) is 9.18. The molecule has 34 heavy (non-hydrogen) atoms. The Kier molecular flexibility index (Phi) is 7.98. The number of aliphatic hydroxyl groups excluding tert-OH is 1. The van der Waals surface area contributed by atoms with Gasteiger partial charge in [-0.25, -0.2) is 18.1 Å². The van der Waals surface area contributed by atoms with Crippen LogP contribution in [0.25, 0.3) is 10.4 Å². The predicted octanol–water partition coefficient (Wildman–Crippen LogP) is 3.16. The summed E-state index contributed by atoms with van der Waals surface area (Å²) in [7, 11) is -3.77. The first kappa shape index (κ1) is 25.2. The van der Waals surface area contributed by atoms with Crippen LogP contribution in [0, 0.1) is 19.8 Å². The first-order valence-electron chi connectivity index (χ1n) is 11.7. The molecule has 1 aliphatic carbocycles. The Labute approximate surface area is 204 Å². The number of sulfonamides is 1. The lowest BCUT2D eigenvalue weighted by molar-refractivity contribution is -0.117. The molecule has 4 rings (SSSR count). The molecule has 0 atom stereocenters. The number of pyridine rings is 1. The molecule has 0 radical (unpaired) electrons.